The first kappa shape index (κ1) is 12.6. The maximum absolute atomic E-state index is 13.0. The highest BCUT2D eigenvalue weighted by molar-refractivity contribution is 5.75. The molecule has 0 radical (unpaired) electrons. The molecule has 4 heteroatoms. The highest BCUT2D eigenvalue weighted by Crippen LogP contribution is 2.14. The Bertz CT molecular complexity index is 366. The summed E-state index contributed by atoms with van der Waals surface area (Å²) < 4.78 is 13.0. The predicted molar refractivity (Wildman–Crippen MR) is 59.6 cm³/mol. The molecule has 0 aromatic heterocycles. The average Bonchev–Trinajstić information content (AvgIpc) is 2.17. The van der Waals surface area contributed by atoms with E-state index in [4.69, 9.17) is 5.11 Å². The number of halogens is 1. The largest absolute Gasteiger partial charge is 0.480 e. The van der Waals surface area contributed by atoms with Crippen LogP contribution in [0, 0.1) is 11.7 Å². The molecular formula is C12H16FNO2. The highest BCUT2D eigenvalue weighted by Gasteiger charge is 2.19. The van der Waals surface area contributed by atoms with Gasteiger partial charge in [0.05, 0.1) is 0 Å². The third-order valence-corrected chi connectivity index (χ3v) is 2.16. The molecule has 0 saturated carbocycles. The van der Waals surface area contributed by atoms with Crippen LogP contribution in [0.1, 0.15) is 25.5 Å². The van der Waals surface area contributed by atoms with E-state index in [9.17, 15) is 9.18 Å². The fourth-order valence-electron chi connectivity index (χ4n) is 1.39. The van der Waals surface area contributed by atoms with Crippen LogP contribution in [0.5, 0.6) is 0 Å². The number of benzene rings is 1. The molecule has 0 bridgehead atoms. The summed E-state index contributed by atoms with van der Waals surface area (Å²) >= 11 is 0. The van der Waals surface area contributed by atoms with Crippen LogP contribution in [0.15, 0.2) is 24.3 Å². The monoisotopic (exact) mass is 225 g/mol. The highest BCUT2D eigenvalue weighted by atomic mass is 19.1. The van der Waals surface area contributed by atoms with Crippen molar-refractivity contribution in [3.8, 4) is 0 Å². The number of carbonyl (C=O) groups is 1. The van der Waals surface area contributed by atoms with Gasteiger partial charge in [0, 0.05) is 0 Å². The Balaban J connectivity index is 2.81. The van der Waals surface area contributed by atoms with Gasteiger partial charge in [0.1, 0.15) is 11.9 Å². The van der Waals surface area contributed by atoms with Crippen molar-refractivity contribution < 1.29 is 14.3 Å². The quantitative estimate of drug-likeness (QED) is 0.807. The van der Waals surface area contributed by atoms with Gasteiger partial charge < -0.3 is 10.4 Å². The molecule has 0 spiro atoms. The second-order valence-corrected chi connectivity index (χ2v) is 4.13. The first-order valence-electron chi connectivity index (χ1n) is 5.22. The van der Waals surface area contributed by atoms with Gasteiger partial charge in [-0.15, -0.1) is 0 Å². The SMILES string of the molecule is CC(C)CNC(C(=O)O)c1cccc(F)c1. The van der Waals surface area contributed by atoms with Crippen LogP contribution in [0.3, 0.4) is 0 Å². The summed E-state index contributed by atoms with van der Waals surface area (Å²) in [5.74, 6) is -1.07. The lowest BCUT2D eigenvalue weighted by Gasteiger charge is -2.16. The number of carboxylic acids is 1. The zero-order valence-electron chi connectivity index (χ0n) is 9.40. The molecule has 1 unspecified atom stereocenters. The first-order valence-corrected chi connectivity index (χ1v) is 5.22. The molecular weight excluding hydrogens is 209 g/mol. The summed E-state index contributed by atoms with van der Waals surface area (Å²) in [5, 5.41) is 11.9. The number of rotatable bonds is 5. The van der Waals surface area contributed by atoms with Gasteiger partial charge in [0.25, 0.3) is 0 Å². The smallest absolute Gasteiger partial charge is 0.325 e. The molecule has 0 heterocycles. The maximum atomic E-state index is 13.0. The summed E-state index contributed by atoms with van der Waals surface area (Å²) in [6, 6.07) is 4.81. The first-order chi connectivity index (χ1) is 7.50. The number of carboxylic acid groups (broad SMARTS) is 1. The molecule has 0 saturated heterocycles. The number of nitrogens with one attached hydrogen (secondary N) is 1. The molecule has 0 aliphatic rings. The molecule has 1 aromatic carbocycles. The lowest BCUT2D eigenvalue weighted by Crippen LogP contribution is -2.31. The van der Waals surface area contributed by atoms with Crippen molar-refractivity contribution in [2.45, 2.75) is 19.9 Å². The van der Waals surface area contributed by atoms with Crippen molar-refractivity contribution in [1.29, 1.82) is 0 Å². The van der Waals surface area contributed by atoms with E-state index in [0.29, 0.717) is 18.0 Å². The second-order valence-electron chi connectivity index (χ2n) is 4.13. The Kier molecular flexibility index (Phi) is 4.43. The summed E-state index contributed by atoms with van der Waals surface area (Å²) in [5.41, 5.74) is 0.438. The van der Waals surface area contributed by atoms with Gasteiger partial charge in [-0.3, -0.25) is 4.79 Å². The van der Waals surface area contributed by atoms with E-state index < -0.39 is 17.8 Å². The van der Waals surface area contributed by atoms with E-state index in [1.807, 2.05) is 13.8 Å². The van der Waals surface area contributed by atoms with E-state index in [0.717, 1.165) is 0 Å². The number of hydrogen-bond donors (Lipinski definition) is 2. The zero-order chi connectivity index (χ0) is 12.1. The molecule has 3 nitrogen and oxygen atoms in total. The molecule has 0 aliphatic heterocycles. The Morgan fingerprint density at radius 3 is 2.69 bits per heavy atom. The van der Waals surface area contributed by atoms with Crippen molar-refractivity contribution in [1.82, 2.24) is 5.32 Å². The van der Waals surface area contributed by atoms with Crippen LogP contribution in [0.4, 0.5) is 4.39 Å². The summed E-state index contributed by atoms with van der Waals surface area (Å²) in [7, 11) is 0. The summed E-state index contributed by atoms with van der Waals surface area (Å²) in [6.07, 6.45) is 0. The van der Waals surface area contributed by atoms with E-state index >= 15 is 0 Å². The zero-order valence-corrected chi connectivity index (χ0v) is 9.40. The van der Waals surface area contributed by atoms with Crippen molar-refractivity contribution in [2.24, 2.45) is 5.92 Å². The van der Waals surface area contributed by atoms with Gasteiger partial charge >= 0.3 is 5.97 Å². The van der Waals surface area contributed by atoms with Crippen LogP contribution < -0.4 is 5.32 Å². The minimum atomic E-state index is -0.994. The van der Waals surface area contributed by atoms with Crippen LogP contribution in [0.25, 0.3) is 0 Å². The molecule has 88 valence electrons. The fraction of sp³-hybridized carbons (Fsp3) is 0.417. The van der Waals surface area contributed by atoms with Gasteiger partial charge in [-0.1, -0.05) is 26.0 Å². The molecule has 0 amide bonds. The summed E-state index contributed by atoms with van der Waals surface area (Å²) in [6.45, 7) is 4.54. The van der Waals surface area contributed by atoms with Gasteiger partial charge in [-0.05, 0) is 30.2 Å². The van der Waals surface area contributed by atoms with Gasteiger partial charge in [0.15, 0.2) is 0 Å². The minimum absolute atomic E-state index is 0.343. The van der Waals surface area contributed by atoms with E-state index in [1.165, 1.54) is 18.2 Å². The van der Waals surface area contributed by atoms with Gasteiger partial charge in [0.2, 0.25) is 0 Å². The Morgan fingerprint density at radius 2 is 2.19 bits per heavy atom. The van der Waals surface area contributed by atoms with Gasteiger partial charge in [-0.2, -0.15) is 0 Å². The van der Waals surface area contributed by atoms with Crippen molar-refractivity contribution in [3.05, 3.63) is 35.6 Å². The van der Waals surface area contributed by atoms with Crippen molar-refractivity contribution in [2.75, 3.05) is 6.54 Å². The van der Waals surface area contributed by atoms with Crippen LogP contribution in [-0.2, 0) is 4.79 Å². The lowest BCUT2D eigenvalue weighted by molar-refractivity contribution is -0.139. The van der Waals surface area contributed by atoms with Crippen LogP contribution >= 0.6 is 0 Å². The van der Waals surface area contributed by atoms with Gasteiger partial charge in [-0.25, -0.2) is 4.39 Å². The Hall–Kier alpha value is -1.42. The molecule has 1 aromatic rings. The number of aliphatic carboxylic acids is 1. The standard InChI is InChI=1S/C12H16FNO2/c1-8(2)7-14-11(12(15)16)9-4-3-5-10(13)6-9/h3-6,8,11,14H,7H2,1-2H3,(H,15,16). The van der Waals surface area contributed by atoms with Crippen LogP contribution in [-0.4, -0.2) is 17.6 Å². The van der Waals surface area contributed by atoms with Crippen molar-refractivity contribution >= 4 is 5.97 Å². The maximum Gasteiger partial charge on any atom is 0.325 e. The molecule has 0 fully saturated rings. The molecule has 2 N–H and O–H groups in total. The van der Waals surface area contributed by atoms with E-state index in [2.05, 4.69) is 5.32 Å². The predicted octanol–water partition coefficient (Wildman–Crippen LogP) is 2.20. The Morgan fingerprint density at radius 1 is 1.50 bits per heavy atom. The third-order valence-electron chi connectivity index (χ3n) is 2.16. The average molecular weight is 225 g/mol. The minimum Gasteiger partial charge on any atom is -0.480 e. The lowest BCUT2D eigenvalue weighted by atomic mass is 10.1. The molecule has 1 rings (SSSR count). The number of hydrogen-bond acceptors (Lipinski definition) is 2. The topological polar surface area (TPSA) is 49.3 Å². The van der Waals surface area contributed by atoms with E-state index in [1.54, 1.807) is 6.07 Å². The molecule has 16 heavy (non-hydrogen) atoms. The van der Waals surface area contributed by atoms with E-state index in [-0.39, 0.29) is 0 Å². The molecule has 0 aliphatic carbocycles. The Labute approximate surface area is 94.3 Å². The second kappa shape index (κ2) is 5.61. The van der Waals surface area contributed by atoms with Crippen molar-refractivity contribution in [3.63, 3.8) is 0 Å². The van der Waals surface area contributed by atoms with Crippen LogP contribution in [0.2, 0.25) is 0 Å². The normalized spacial score (nSPS) is 12.8. The summed E-state index contributed by atoms with van der Waals surface area (Å²) in [4.78, 5) is 11.0. The third kappa shape index (κ3) is 3.62. The molecule has 1 atom stereocenters. The fourth-order valence-corrected chi connectivity index (χ4v) is 1.39.